The first-order valence-corrected chi connectivity index (χ1v) is 15.5. The van der Waals surface area contributed by atoms with Crippen molar-refractivity contribution in [2.75, 3.05) is 36.1 Å². The molecule has 2 fully saturated rings. The van der Waals surface area contributed by atoms with Gasteiger partial charge in [-0.1, -0.05) is 49.4 Å². The molecule has 2 aromatic carbocycles. The average Bonchev–Trinajstić information content (AvgIpc) is 3.27. The summed E-state index contributed by atoms with van der Waals surface area (Å²) >= 11 is 0. The van der Waals surface area contributed by atoms with E-state index in [-0.39, 0.29) is 24.3 Å². The third-order valence-electron chi connectivity index (χ3n) is 9.74. The van der Waals surface area contributed by atoms with Crippen LogP contribution in [-0.2, 0) is 19.1 Å². The van der Waals surface area contributed by atoms with Crippen LogP contribution in [0.2, 0.25) is 0 Å². The van der Waals surface area contributed by atoms with Crippen LogP contribution >= 0.6 is 0 Å². The molecule has 9 nitrogen and oxygen atoms in total. The number of aryl methyl sites for hydroxylation is 2. The van der Waals surface area contributed by atoms with Crippen LogP contribution < -0.4 is 14.5 Å². The molecule has 2 saturated heterocycles. The van der Waals surface area contributed by atoms with Gasteiger partial charge >= 0.3 is 0 Å². The first kappa shape index (κ1) is 30.1. The third kappa shape index (κ3) is 4.39. The Morgan fingerprint density at radius 2 is 1.57 bits per heavy atom. The Morgan fingerprint density at radius 3 is 2.20 bits per heavy atom. The fourth-order valence-corrected chi connectivity index (χ4v) is 7.82. The number of carbonyl (C=O) groups excluding carboxylic acids is 3. The summed E-state index contributed by atoms with van der Waals surface area (Å²) in [6, 6.07) is 11.5. The van der Waals surface area contributed by atoms with Crippen molar-refractivity contribution in [2.45, 2.75) is 64.3 Å². The van der Waals surface area contributed by atoms with Crippen molar-refractivity contribution in [3.05, 3.63) is 77.9 Å². The molecule has 1 unspecified atom stereocenters. The fraction of sp³-hybridized carbons (Fsp3) is 0.457. The van der Waals surface area contributed by atoms with Crippen LogP contribution in [0.5, 0.6) is 5.75 Å². The normalized spacial score (nSPS) is 30.2. The first-order valence-electron chi connectivity index (χ1n) is 15.5. The smallest absolute Gasteiger partial charge is 0.253 e. The molecule has 1 N–H and O–H groups in total. The molecular weight excluding hydrogens is 558 g/mol. The second-order valence-corrected chi connectivity index (χ2v) is 12.4. The number of benzene rings is 2. The van der Waals surface area contributed by atoms with Gasteiger partial charge in [0.25, 0.3) is 5.91 Å². The van der Waals surface area contributed by atoms with Gasteiger partial charge in [0.1, 0.15) is 17.4 Å². The number of hydrogen-bond acceptors (Lipinski definition) is 6. The molecule has 4 aliphatic rings. The van der Waals surface area contributed by atoms with Crippen LogP contribution in [0.15, 0.2) is 66.8 Å². The molecule has 0 bridgehead atoms. The van der Waals surface area contributed by atoms with Crippen LogP contribution in [0.4, 0.5) is 11.4 Å². The van der Waals surface area contributed by atoms with E-state index in [4.69, 9.17) is 9.47 Å². The average molecular weight is 600 g/mol. The topological polar surface area (TPSA) is 99.6 Å². The van der Waals surface area contributed by atoms with Gasteiger partial charge < -0.3 is 29.3 Å². The van der Waals surface area contributed by atoms with Crippen molar-refractivity contribution in [3.8, 4) is 5.75 Å². The van der Waals surface area contributed by atoms with E-state index in [1.54, 1.807) is 9.80 Å². The molecule has 232 valence electrons. The van der Waals surface area contributed by atoms with Gasteiger partial charge in [0.15, 0.2) is 0 Å². The Bertz CT molecular complexity index is 1510. The molecule has 1 spiro atoms. The molecule has 0 radical (unpaired) electrons. The van der Waals surface area contributed by atoms with E-state index in [0.29, 0.717) is 37.6 Å². The number of anilines is 2. The van der Waals surface area contributed by atoms with Crippen LogP contribution in [0, 0.1) is 25.7 Å². The summed E-state index contributed by atoms with van der Waals surface area (Å²) in [5, 5.41) is 10.4. The van der Waals surface area contributed by atoms with Crippen LogP contribution in [0.1, 0.15) is 38.3 Å². The van der Waals surface area contributed by atoms with Gasteiger partial charge in [0.05, 0.1) is 36.7 Å². The summed E-state index contributed by atoms with van der Waals surface area (Å²) in [6.45, 7) is 10.4. The SMILES string of the molecule is CCOc1ccc(N2CC=C[C@@]3(C)O[C@]45C=CCN(c6c(C)cccc6C)C(=O)C4N([C@@H](CC)CO)C(=O)[C@@H]5[C@H]3C2=O)cc1. The number of amides is 3. The van der Waals surface area contributed by atoms with Gasteiger partial charge in [-0.2, -0.15) is 0 Å². The minimum atomic E-state index is -1.40. The van der Waals surface area contributed by atoms with E-state index < -0.39 is 35.1 Å². The highest BCUT2D eigenvalue weighted by Crippen LogP contribution is 2.58. The maximum atomic E-state index is 14.8. The van der Waals surface area contributed by atoms with E-state index in [9.17, 15) is 19.5 Å². The zero-order chi connectivity index (χ0) is 31.4. The quantitative estimate of drug-likeness (QED) is 0.484. The van der Waals surface area contributed by atoms with Crippen LogP contribution in [0.3, 0.4) is 0 Å². The van der Waals surface area contributed by atoms with Gasteiger partial charge in [-0.25, -0.2) is 0 Å². The van der Waals surface area contributed by atoms with Gasteiger partial charge in [0, 0.05) is 24.5 Å². The predicted molar refractivity (Wildman–Crippen MR) is 168 cm³/mol. The van der Waals surface area contributed by atoms with Crippen molar-refractivity contribution in [1.82, 2.24) is 4.90 Å². The molecule has 6 atom stereocenters. The van der Waals surface area contributed by atoms with E-state index in [0.717, 1.165) is 16.8 Å². The van der Waals surface area contributed by atoms with Gasteiger partial charge in [0.2, 0.25) is 11.8 Å². The first-order chi connectivity index (χ1) is 21.1. The lowest BCUT2D eigenvalue weighted by Crippen LogP contribution is -2.59. The van der Waals surface area contributed by atoms with E-state index in [1.807, 2.05) is 101 Å². The van der Waals surface area contributed by atoms with Crippen LogP contribution in [-0.4, -0.2) is 77.3 Å². The molecule has 4 heterocycles. The summed E-state index contributed by atoms with van der Waals surface area (Å²) in [5.74, 6) is -2.02. The number of rotatable bonds is 7. The second kappa shape index (κ2) is 11.2. The summed E-state index contributed by atoms with van der Waals surface area (Å²) < 4.78 is 12.6. The summed E-state index contributed by atoms with van der Waals surface area (Å²) in [6.07, 6.45) is 7.95. The Kier molecular flexibility index (Phi) is 7.66. The summed E-state index contributed by atoms with van der Waals surface area (Å²) in [5.41, 5.74) is 0.825. The molecule has 0 saturated carbocycles. The molecular formula is C35H41N3O6. The number of likely N-dealkylation sites (tertiary alicyclic amines) is 1. The van der Waals surface area contributed by atoms with E-state index in [1.165, 1.54) is 4.90 Å². The number of fused-ring (bicyclic) bond motifs is 2. The fourth-order valence-electron chi connectivity index (χ4n) is 7.82. The lowest BCUT2D eigenvalue weighted by atomic mass is 9.74. The van der Waals surface area contributed by atoms with Crippen molar-refractivity contribution < 1.29 is 29.0 Å². The molecule has 0 aromatic heterocycles. The summed E-state index contributed by atoms with van der Waals surface area (Å²) in [4.78, 5) is 49.0. The van der Waals surface area contributed by atoms with Crippen molar-refractivity contribution in [3.63, 3.8) is 0 Å². The summed E-state index contributed by atoms with van der Waals surface area (Å²) in [7, 11) is 0. The van der Waals surface area contributed by atoms with Crippen molar-refractivity contribution in [2.24, 2.45) is 11.8 Å². The Balaban J connectivity index is 1.47. The Morgan fingerprint density at radius 1 is 0.909 bits per heavy atom. The number of para-hydroxylation sites is 1. The zero-order valence-corrected chi connectivity index (χ0v) is 26.0. The van der Waals surface area contributed by atoms with E-state index in [2.05, 4.69) is 0 Å². The van der Waals surface area contributed by atoms with E-state index >= 15 is 0 Å². The minimum Gasteiger partial charge on any atom is -0.494 e. The van der Waals surface area contributed by atoms with Gasteiger partial charge in [-0.3, -0.25) is 14.4 Å². The minimum absolute atomic E-state index is 0.244. The standard InChI is InChI=1S/C35H41N3O6/c1-6-24(21-39)38-30-33(42)37(29-22(3)11-8-12-23(29)4)20-10-18-35(30)28(32(38)41)27-31(40)36(19-9-17-34(27,5)44-35)25-13-15-26(16-14-25)43-7-2/h8-18,24,27-28,30,39H,6-7,19-21H2,1-5H3/t24-,27-,28-,30?,34+,35-/m0/s1. The third-order valence-corrected chi connectivity index (χ3v) is 9.74. The van der Waals surface area contributed by atoms with Crippen molar-refractivity contribution >= 4 is 29.1 Å². The predicted octanol–water partition coefficient (Wildman–Crippen LogP) is 3.95. The lowest BCUT2D eigenvalue weighted by molar-refractivity contribution is -0.148. The van der Waals surface area contributed by atoms with Crippen molar-refractivity contribution in [1.29, 1.82) is 0 Å². The molecule has 0 aliphatic carbocycles. The number of nitrogens with zero attached hydrogens (tertiary/aromatic N) is 3. The number of aliphatic hydroxyl groups excluding tert-OH is 1. The number of ether oxygens (including phenoxy) is 2. The zero-order valence-electron chi connectivity index (χ0n) is 26.0. The molecule has 6 rings (SSSR count). The molecule has 9 heteroatoms. The number of aliphatic hydroxyl groups is 1. The molecule has 3 amide bonds. The second-order valence-electron chi connectivity index (χ2n) is 12.4. The highest BCUT2D eigenvalue weighted by atomic mass is 16.5. The molecule has 44 heavy (non-hydrogen) atoms. The molecule has 2 aromatic rings. The lowest BCUT2D eigenvalue weighted by Gasteiger charge is -2.40. The van der Waals surface area contributed by atoms with Gasteiger partial charge in [-0.15, -0.1) is 0 Å². The number of hydrogen-bond donors (Lipinski definition) is 1. The largest absolute Gasteiger partial charge is 0.494 e. The highest BCUT2D eigenvalue weighted by Gasteiger charge is 2.75. The maximum absolute atomic E-state index is 14.8. The monoisotopic (exact) mass is 599 g/mol. The van der Waals surface area contributed by atoms with Gasteiger partial charge in [-0.05, 0) is 69.5 Å². The maximum Gasteiger partial charge on any atom is 0.253 e. The Hall–Kier alpha value is -3.95. The Labute approximate surface area is 258 Å². The molecule has 4 aliphatic heterocycles. The van der Waals surface area contributed by atoms with Crippen LogP contribution in [0.25, 0.3) is 0 Å². The highest BCUT2D eigenvalue weighted by molar-refractivity contribution is 6.08. The number of carbonyl (C=O) groups is 3.